The Morgan fingerprint density at radius 2 is 1.80 bits per heavy atom. The number of nitrogens with zero attached hydrogens (tertiary/aromatic N) is 3. The summed E-state index contributed by atoms with van der Waals surface area (Å²) in [5.74, 6) is 0.167. The van der Waals surface area contributed by atoms with E-state index in [2.05, 4.69) is 17.1 Å². The summed E-state index contributed by atoms with van der Waals surface area (Å²) >= 11 is 0. The molecule has 0 aliphatic heterocycles. The minimum Gasteiger partial charge on any atom is -0.383 e. The Morgan fingerprint density at radius 1 is 1.08 bits per heavy atom. The third kappa shape index (κ3) is 2.71. The van der Waals surface area contributed by atoms with E-state index in [4.69, 9.17) is 5.73 Å². The van der Waals surface area contributed by atoms with Crippen molar-refractivity contribution in [2.75, 3.05) is 5.73 Å². The molecule has 4 heteroatoms. The molecule has 0 unspecified atom stereocenters. The van der Waals surface area contributed by atoms with E-state index < -0.39 is 0 Å². The molecule has 0 spiro atoms. The van der Waals surface area contributed by atoms with E-state index >= 15 is 0 Å². The normalized spacial score (nSPS) is 14.6. The van der Waals surface area contributed by atoms with Crippen molar-refractivity contribution in [3.05, 3.63) is 76.0 Å². The summed E-state index contributed by atoms with van der Waals surface area (Å²) in [6.07, 6.45) is 5.90. The van der Waals surface area contributed by atoms with E-state index in [9.17, 15) is 10.5 Å². The predicted octanol–water partition coefficient (Wildman–Crippen LogP) is 4.25. The van der Waals surface area contributed by atoms with Gasteiger partial charge < -0.3 is 5.73 Å². The quantitative estimate of drug-likeness (QED) is 0.894. The number of nitriles is 2. The largest absolute Gasteiger partial charge is 0.383 e. The van der Waals surface area contributed by atoms with Gasteiger partial charge in [0.1, 0.15) is 18.0 Å². The van der Waals surface area contributed by atoms with Crippen LogP contribution in [-0.2, 0) is 0 Å². The van der Waals surface area contributed by atoms with E-state index in [0.717, 1.165) is 27.8 Å². The smallest absolute Gasteiger partial charge is 0.142 e. The molecule has 2 N–H and O–H groups in total. The molecule has 1 aliphatic carbocycles. The fourth-order valence-electron chi connectivity index (χ4n) is 3.04. The molecule has 0 atom stereocenters. The molecule has 25 heavy (non-hydrogen) atoms. The number of hydrogen-bond acceptors (Lipinski definition) is 4. The molecule has 0 saturated carbocycles. The Labute approximate surface area is 146 Å². The summed E-state index contributed by atoms with van der Waals surface area (Å²) in [5, 5.41) is 18.9. The first-order valence-corrected chi connectivity index (χ1v) is 7.84. The van der Waals surface area contributed by atoms with E-state index in [0.29, 0.717) is 16.8 Å². The lowest BCUT2D eigenvalue weighted by Gasteiger charge is -2.10. The van der Waals surface area contributed by atoms with Gasteiger partial charge in [0.05, 0.1) is 16.8 Å². The van der Waals surface area contributed by atoms with E-state index in [1.54, 1.807) is 0 Å². The van der Waals surface area contributed by atoms with Crippen molar-refractivity contribution in [2.45, 2.75) is 13.8 Å². The summed E-state index contributed by atoms with van der Waals surface area (Å²) in [6.45, 7) is 3.74. The maximum atomic E-state index is 9.51. The molecular weight excluding hydrogens is 308 g/mol. The number of fused-ring (bicyclic) bond motifs is 1. The molecule has 120 valence electrons. The minimum atomic E-state index is 0.167. The van der Waals surface area contributed by atoms with Crippen molar-refractivity contribution in [3.63, 3.8) is 0 Å². The summed E-state index contributed by atoms with van der Waals surface area (Å²) in [5.41, 5.74) is 11.7. The third-order valence-corrected chi connectivity index (χ3v) is 4.34. The fourth-order valence-corrected chi connectivity index (χ4v) is 3.04. The lowest BCUT2D eigenvalue weighted by molar-refractivity contribution is 1.22. The van der Waals surface area contributed by atoms with Crippen LogP contribution < -0.4 is 5.73 Å². The van der Waals surface area contributed by atoms with Crippen LogP contribution in [0.15, 0.2) is 48.1 Å². The van der Waals surface area contributed by atoms with Gasteiger partial charge in [0.25, 0.3) is 0 Å². The minimum absolute atomic E-state index is 0.167. The van der Waals surface area contributed by atoms with Gasteiger partial charge in [0.2, 0.25) is 0 Å². The van der Waals surface area contributed by atoms with Gasteiger partial charge in [-0.05, 0) is 36.1 Å². The second kappa shape index (κ2) is 6.47. The predicted molar refractivity (Wildman–Crippen MR) is 99.8 cm³/mol. The number of benzene rings is 1. The molecule has 0 amide bonds. The summed E-state index contributed by atoms with van der Waals surface area (Å²) < 4.78 is 0. The van der Waals surface area contributed by atoms with Crippen molar-refractivity contribution in [3.8, 4) is 12.1 Å². The van der Waals surface area contributed by atoms with Crippen LogP contribution in [0.2, 0.25) is 0 Å². The van der Waals surface area contributed by atoms with Crippen LogP contribution in [-0.4, -0.2) is 4.98 Å². The van der Waals surface area contributed by atoms with Gasteiger partial charge >= 0.3 is 0 Å². The van der Waals surface area contributed by atoms with E-state index in [1.807, 2.05) is 62.4 Å². The van der Waals surface area contributed by atoms with Gasteiger partial charge in [-0.1, -0.05) is 48.6 Å². The van der Waals surface area contributed by atoms with Gasteiger partial charge in [-0.15, -0.1) is 0 Å². The Bertz CT molecular complexity index is 1030. The Balaban J connectivity index is 2.16. The van der Waals surface area contributed by atoms with Crippen molar-refractivity contribution >= 4 is 23.0 Å². The Morgan fingerprint density at radius 3 is 2.44 bits per heavy atom. The SMILES string of the molecule is CC1=C(C#N)c2nc(N)c(C#N)c(C)c2C1=C/C=C/c1ccccc1. The van der Waals surface area contributed by atoms with Crippen LogP contribution in [0, 0.1) is 29.6 Å². The standard InChI is InChI=1S/C21H16N4/c1-13-16(10-6-9-15-7-4-3-5-8-15)19-14(2)18(12-23)21(24)25-20(19)17(13)11-22/h3-10H,1-2H3,(H2,24,25)/b9-6+,16-10?. The zero-order valence-corrected chi connectivity index (χ0v) is 14.0. The van der Waals surface area contributed by atoms with Crippen LogP contribution in [0.1, 0.15) is 34.9 Å². The van der Waals surface area contributed by atoms with Gasteiger partial charge in [0, 0.05) is 5.56 Å². The van der Waals surface area contributed by atoms with E-state index in [-0.39, 0.29) is 5.82 Å². The molecule has 0 bridgehead atoms. The number of pyridine rings is 1. The number of aromatic nitrogens is 1. The first kappa shape index (κ1) is 16.2. The highest BCUT2D eigenvalue weighted by molar-refractivity contribution is 6.04. The highest BCUT2D eigenvalue weighted by Gasteiger charge is 2.29. The Kier molecular flexibility index (Phi) is 4.20. The monoisotopic (exact) mass is 324 g/mol. The topological polar surface area (TPSA) is 86.5 Å². The molecule has 0 saturated heterocycles. The van der Waals surface area contributed by atoms with Crippen LogP contribution in [0.5, 0.6) is 0 Å². The third-order valence-electron chi connectivity index (χ3n) is 4.34. The lowest BCUT2D eigenvalue weighted by atomic mass is 9.97. The maximum Gasteiger partial charge on any atom is 0.142 e. The highest BCUT2D eigenvalue weighted by atomic mass is 14.9. The molecule has 1 aromatic heterocycles. The molecule has 4 nitrogen and oxygen atoms in total. The lowest BCUT2D eigenvalue weighted by Crippen LogP contribution is -2.03. The second-order valence-electron chi connectivity index (χ2n) is 5.79. The summed E-state index contributed by atoms with van der Waals surface area (Å²) in [4.78, 5) is 4.31. The molecule has 1 aliphatic rings. The fraction of sp³-hybridized carbons (Fsp3) is 0.0952. The number of hydrogen-bond donors (Lipinski definition) is 1. The first-order chi connectivity index (χ1) is 12.1. The zero-order valence-electron chi connectivity index (χ0n) is 14.0. The van der Waals surface area contributed by atoms with Gasteiger partial charge in [-0.3, -0.25) is 0 Å². The van der Waals surface area contributed by atoms with Crippen molar-refractivity contribution in [1.29, 1.82) is 10.5 Å². The van der Waals surface area contributed by atoms with E-state index in [1.165, 1.54) is 0 Å². The highest BCUT2D eigenvalue weighted by Crippen LogP contribution is 2.43. The average molecular weight is 324 g/mol. The first-order valence-electron chi connectivity index (χ1n) is 7.84. The van der Waals surface area contributed by atoms with Crippen LogP contribution in [0.3, 0.4) is 0 Å². The zero-order chi connectivity index (χ0) is 18.0. The molecule has 1 aromatic carbocycles. The number of rotatable bonds is 2. The van der Waals surface area contributed by atoms with Gasteiger partial charge in [0.15, 0.2) is 0 Å². The van der Waals surface area contributed by atoms with Gasteiger partial charge in [-0.2, -0.15) is 10.5 Å². The van der Waals surface area contributed by atoms with Crippen molar-refractivity contribution in [1.82, 2.24) is 4.98 Å². The second-order valence-corrected chi connectivity index (χ2v) is 5.79. The van der Waals surface area contributed by atoms with Crippen LogP contribution in [0.25, 0.3) is 17.2 Å². The molecule has 0 radical (unpaired) electrons. The number of anilines is 1. The Hall–Kier alpha value is -3.63. The van der Waals surface area contributed by atoms with Crippen LogP contribution >= 0.6 is 0 Å². The van der Waals surface area contributed by atoms with Crippen molar-refractivity contribution in [2.24, 2.45) is 0 Å². The number of allylic oxidation sites excluding steroid dienone is 5. The molecule has 3 rings (SSSR count). The molecular formula is C21H16N4. The van der Waals surface area contributed by atoms with Crippen molar-refractivity contribution < 1.29 is 0 Å². The number of nitrogens with two attached hydrogens (primary N) is 1. The van der Waals surface area contributed by atoms with Crippen LogP contribution in [0.4, 0.5) is 5.82 Å². The van der Waals surface area contributed by atoms with Gasteiger partial charge in [-0.25, -0.2) is 4.98 Å². The maximum absolute atomic E-state index is 9.51. The molecule has 0 fully saturated rings. The molecule has 2 aromatic rings. The number of nitrogen functional groups attached to an aromatic ring is 1. The average Bonchev–Trinajstić information content (AvgIpc) is 2.87. The molecule has 1 heterocycles. The summed E-state index contributed by atoms with van der Waals surface area (Å²) in [7, 11) is 0. The summed E-state index contributed by atoms with van der Waals surface area (Å²) in [6, 6.07) is 14.3.